The maximum Gasteiger partial charge on any atom is 0.240 e. The molecule has 0 atom stereocenters. The summed E-state index contributed by atoms with van der Waals surface area (Å²) in [6.07, 6.45) is 0.793. The Morgan fingerprint density at radius 2 is 2.00 bits per heavy atom. The van der Waals surface area contributed by atoms with Gasteiger partial charge in [0.25, 0.3) is 0 Å². The fraction of sp³-hybridized carbons (Fsp3) is 0.500. The Morgan fingerprint density at radius 3 is 2.50 bits per heavy atom. The summed E-state index contributed by atoms with van der Waals surface area (Å²) in [7, 11) is -3.51. The maximum absolute atomic E-state index is 12.0. The van der Waals surface area contributed by atoms with E-state index in [0.29, 0.717) is 23.0 Å². The van der Waals surface area contributed by atoms with Crippen LogP contribution in [0.4, 0.5) is 5.69 Å². The van der Waals surface area contributed by atoms with Crippen molar-refractivity contribution >= 4 is 27.3 Å². The largest absolute Gasteiger partial charge is 0.397 e. The zero-order valence-electron chi connectivity index (χ0n) is 10.8. The number of nitrogens with two attached hydrogens (primary N) is 1. The molecule has 1 aromatic carbocycles. The summed E-state index contributed by atoms with van der Waals surface area (Å²) < 4.78 is 26.6. The number of nitrogen functional groups attached to an aromatic ring is 1. The molecule has 3 N–H and O–H groups in total. The van der Waals surface area contributed by atoms with E-state index in [1.165, 1.54) is 12.1 Å². The minimum absolute atomic E-state index is 0.158. The van der Waals surface area contributed by atoms with E-state index in [4.69, 9.17) is 17.3 Å². The molecule has 0 aliphatic rings. The van der Waals surface area contributed by atoms with Gasteiger partial charge < -0.3 is 5.73 Å². The van der Waals surface area contributed by atoms with Gasteiger partial charge in [0.05, 0.1) is 15.6 Å². The van der Waals surface area contributed by atoms with Crippen molar-refractivity contribution in [1.82, 2.24) is 4.72 Å². The van der Waals surface area contributed by atoms with E-state index in [2.05, 4.69) is 4.72 Å². The van der Waals surface area contributed by atoms with E-state index in [0.717, 1.165) is 6.42 Å². The molecule has 18 heavy (non-hydrogen) atoms. The van der Waals surface area contributed by atoms with Crippen molar-refractivity contribution in [1.29, 1.82) is 0 Å². The third-order valence-corrected chi connectivity index (χ3v) is 4.54. The number of halogens is 1. The SMILES string of the molecule is Cc1cc(S(=O)(=O)NCCC(C)C)cc(N)c1Cl. The van der Waals surface area contributed by atoms with Gasteiger partial charge in [-0.25, -0.2) is 13.1 Å². The van der Waals surface area contributed by atoms with Gasteiger partial charge in [-0.05, 0) is 37.0 Å². The summed E-state index contributed by atoms with van der Waals surface area (Å²) >= 11 is 5.91. The Morgan fingerprint density at radius 1 is 1.39 bits per heavy atom. The molecular formula is C12H19ClN2O2S. The van der Waals surface area contributed by atoms with Gasteiger partial charge in [-0.3, -0.25) is 0 Å². The van der Waals surface area contributed by atoms with Crippen LogP contribution in [0.5, 0.6) is 0 Å². The van der Waals surface area contributed by atoms with E-state index >= 15 is 0 Å². The molecule has 0 amide bonds. The predicted molar refractivity (Wildman–Crippen MR) is 75.2 cm³/mol. The molecule has 0 aliphatic carbocycles. The number of aryl methyl sites for hydroxylation is 1. The van der Waals surface area contributed by atoms with Gasteiger partial charge in [0, 0.05) is 6.54 Å². The smallest absolute Gasteiger partial charge is 0.240 e. The lowest BCUT2D eigenvalue weighted by atomic mass is 10.1. The van der Waals surface area contributed by atoms with E-state index in [1.54, 1.807) is 6.92 Å². The van der Waals surface area contributed by atoms with Gasteiger partial charge in [0.2, 0.25) is 10.0 Å². The van der Waals surface area contributed by atoms with Crippen LogP contribution in [-0.4, -0.2) is 15.0 Å². The first-order chi connectivity index (χ1) is 8.24. The Bertz CT molecular complexity index is 504. The summed E-state index contributed by atoms with van der Waals surface area (Å²) in [6.45, 7) is 6.23. The number of hydrogen-bond acceptors (Lipinski definition) is 3. The minimum atomic E-state index is -3.51. The van der Waals surface area contributed by atoms with E-state index in [-0.39, 0.29) is 10.6 Å². The number of sulfonamides is 1. The Labute approximate surface area is 114 Å². The summed E-state index contributed by atoms with van der Waals surface area (Å²) in [5, 5.41) is 0.399. The first-order valence-electron chi connectivity index (χ1n) is 5.79. The number of anilines is 1. The molecule has 0 unspecified atom stereocenters. The van der Waals surface area contributed by atoms with Gasteiger partial charge in [0.15, 0.2) is 0 Å². The van der Waals surface area contributed by atoms with Crippen LogP contribution < -0.4 is 10.5 Å². The zero-order valence-corrected chi connectivity index (χ0v) is 12.4. The summed E-state index contributed by atoms with van der Waals surface area (Å²) in [5.41, 5.74) is 6.60. The Kier molecular flexibility index (Phi) is 5.01. The molecule has 0 bridgehead atoms. The van der Waals surface area contributed by atoms with Gasteiger partial charge >= 0.3 is 0 Å². The molecule has 102 valence electrons. The third-order valence-electron chi connectivity index (χ3n) is 2.58. The van der Waals surface area contributed by atoms with Crippen LogP contribution >= 0.6 is 11.6 Å². The van der Waals surface area contributed by atoms with Crippen LogP contribution in [0, 0.1) is 12.8 Å². The van der Waals surface area contributed by atoms with E-state index in [9.17, 15) is 8.42 Å². The molecule has 6 heteroatoms. The topological polar surface area (TPSA) is 72.2 Å². The molecule has 0 heterocycles. The molecular weight excluding hydrogens is 272 g/mol. The van der Waals surface area contributed by atoms with Gasteiger partial charge in [-0.15, -0.1) is 0 Å². The van der Waals surface area contributed by atoms with Gasteiger partial charge in [0.1, 0.15) is 0 Å². The fourth-order valence-electron chi connectivity index (χ4n) is 1.48. The maximum atomic E-state index is 12.0. The first kappa shape index (κ1) is 15.3. The third kappa shape index (κ3) is 3.86. The molecule has 0 radical (unpaired) electrons. The highest BCUT2D eigenvalue weighted by Gasteiger charge is 2.16. The highest BCUT2D eigenvalue weighted by atomic mass is 35.5. The molecule has 1 aromatic rings. The lowest BCUT2D eigenvalue weighted by molar-refractivity contribution is 0.551. The second-order valence-electron chi connectivity index (χ2n) is 4.72. The Hall–Kier alpha value is -0.780. The van der Waals surface area contributed by atoms with Crippen LogP contribution in [0.25, 0.3) is 0 Å². The van der Waals surface area contributed by atoms with Crippen LogP contribution in [0.3, 0.4) is 0 Å². The molecule has 0 spiro atoms. The highest BCUT2D eigenvalue weighted by Crippen LogP contribution is 2.26. The monoisotopic (exact) mass is 290 g/mol. The van der Waals surface area contributed by atoms with Crippen molar-refractivity contribution in [3.63, 3.8) is 0 Å². The fourth-order valence-corrected chi connectivity index (χ4v) is 2.76. The van der Waals surface area contributed by atoms with Crippen LogP contribution in [0.2, 0.25) is 5.02 Å². The van der Waals surface area contributed by atoms with Gasteiger partial charge in [-0.1, -0.05) is 25.4 Å². The number of hydrogen-bond donors (Lipinski definition) is 2. The number of benzene rings is 1. The van der Waals surface area contributed by atoms with Crippen molar-refractivity contribution in [3.05, 3.63) is 22.7 Å². The molecule has 0 aromatic heterocycles. The van der Waals surface area contributed by atoms with Crippen molar-refractivity contribution in [3.8, 4) is 0 Å². The van der Waals surface area contributed by atoms with E-state index in [1.807, 2.05) is 13.8 Å². The van der Waals surface area contributed by atoms with Crippen LogP contribution in [-0.2, 0) is 10.0 Å². The quantitative estimate of drug-likeness (QED) is 0.819. The number of rotatable bonds is 5. The second-order valence-corrected chi connectivity index (χ2v) is 6.87. The van der Waals surface area contributed by atoms with Crippen molar-refractivity contribution in [2.24, 2.45) is 5.92 Å². The first-order valence-corrected chi connectivity index (χ1v) is 7.65. The normalized spacial score (nSPS) is 12.1. The Balaban J connectivity index is 2.92. The lowest BCUT2D eigenvalue weighted by Crippen LogP contribution is -2.25. The molecule has 1 rings (SSSR count). The van der Waals surface area contributed by atoms with Crippen molar-refractivity contribution < 1.29 is 8.42 Å². The molecule has 0 fully saturated rings. The van der Waals surface area contributed by atoms with Crippen molar-refractivity contribution in [2.75, 3.05) is 12.3 Å². The molecule has 0 aliphatic heterocycles. The minimum Gasteiger partial charge on any atom is -0.397 e. The molecule has 0 saturated carbocycles. The summed E-state index contributed by atoms with van der Waals surface area (Å²) in [4.78, 5) is 0.158. The lowest BCUT2D eigenvalue weighted by Gasteiger charge is -2.10. The second kappa shape index (κ2) is 5.91. The van der Waals surface area contributed by atoms with E-state index < -0.39 is 10.0 Å². The van der Waals surface area contributed by atoms with Crippen molar-refractivity contribution in [2.45, 2.75) is 32.1 Å². The molecule has 4 nitrogen and oxygen atoms in total. The predicted octanol–water partition coefficient (Wildman–Crippen LogP) is 2.56. The summed E-state index contributed by atoms with van der Waals surface area (Å²) in [6, 6.07) is 2.91. The van der Waals surface area contributed by atoms with Crippen LogP contribution in [0.15, 0.2) is 17.0 Å². The average Bonchev–Trinajstić information content (AvgIpc) is 2.24. The van der Waals surface area contributed by atoms with Gasteiger partial charge in [-0.2, -0.15) is 0 Å². The molecule has 0 saturated heterocycles. The van der Waals surface area contributed by atoms with Crippen LogP contribution in [0.1, 0.15) is 25.8 Å². The number of nitrogens with one attached hydrogen (secondary N) is 1. The summed E-state index contributed by atoms with van der Waals surface area (Å²) in [5.74, 6) is 0.449. The zero-order chi connectivity index (χ0) is 13.9. The highest BCUT2D eigenvalue weighted by molar-refractivity contribution is 7.89. The standard InChI is InChI=1S/C12H19ClN2O2S/c1-8(2)4-5-15-18(16,17)10-6-9(3)12(13)11(14)7-10/h6-8,15H,4-5,14H2,1-3H3. The average molecular weight is 291 g/mol.